The van der Waals surface area contributed by atoms with Crippen molar-refractivity contribution in [2.45, 2.75) is 53.1 Å². The van der Waals surface area contributed by atoms with Crippen LogP contribution in [0.15, 0.2) is 46.8 Å². The van der Waals surface area contributed by atoms with Gasteiger partial charge in [0.05, 0.1) is 32.0 Å². The van der Waals surface area contributed by atoms with Crippen LogP contribution in [0.5, 0.6) is 5.75 Å². The van der Waals surface area contributed by atoms with E-state index in [1.54, 1.807) is 6.92 Å². The Morgan fingerprint density at radius 2 is 1.94 bits per heavy atom. The van der Waals surface area contributed by atoms with Gasteiger partial charge in [-0.15, -0.1) is 0 Å². The number of allylic oxidation sites excluding steroid dienone is 3. The smallest absolute Gasteiger partial charge is 0.336 e. The quantitative estimate of drug-likeness (QED) is 0.321. The fraction of sp³-hybridized carbons (Fsp3) is 0.519. The van der Waals surface area contributed by atoms with E-state index in [2.05, 4.69) is 5.32 Å². The summed E-state index contributed by atoms with van der Waals surface area (Å²) in [5.41, 5.74) is 2.76. The molecule has 1 aromatic rings. The van der Waals surface area contributed by atoms with E-state index in [-0.39, 0.29) is 31.0 Å². The molecule has 0 saturated carbocycles. The molecule has 0 spiro atoms. The number of ketones is 1. The molecule has 3 rings (SSSR count). The predicted molar refractivity (Wildman–Crippen MR) is 130 cm³/mol. The van der Waals surface area contributed by atoms with Crippen molar-refractivity contribution in [3.8, 4) is 5.75 Å². The molecular formula is C27H35NO7. The van der Waals surface area contributed by atoms with Crippen molar-refractivity contribution < 1.29 is 33.3 Å². The molecule has 1 aliphatic carbocycles. The zero-order valence-corrected chi connectivity index (χ0v) is 21.3. The molecule has 8 nitrogen and oxygen atoms in total. The topological polar surface area (TPSA) is 100 Å². The highest BCUT2D eigenvalue weighted by Crippen LogP contribution is 2.45. The SMILES string of the molecule is CCOc1cccc([C@H]2C(C(=O)OCCOC(C)C)=C(C)NC3=C2C(=O)[C@@H](C(=O)OC)[C@H](C)C3)c1. The zero-order chi connectivity index (χ0) is 25.7. The Labute approximate surface area is 206 Å². The summed E-state index contributed by atoms with van der Waals surface area (Å²) in [7, 11) is 1.28. The van der Waals surface area contributed by atoms with Gasteiger partial charge in [-0.1, -0.05) is 19.1 Å². The maximum Gasteiger partial charge on any atom is 0.336 e. The molecule has 1 aliphatic heterocycles. The third-order valence-electron chi connectivity index (χ3n) is 6.23. The molecule has 0 aromatic heterocycles. The number of nitrogens with one attached hydrogen (secondary N) is 1. The molecule has 0 radical (unpaired) electrons. The van der Waals surface area contributed by atoms with Crippen molar-refractivity contribution in [2.24, 2.45) is 11.8 Å². The third-order valence-corrected chi connectivity index (χ3v) is 6.23. The fourth-order valence-corrected chi connectivity index (χ4v) is 4.73. The van der Waals surface area contributed by atoms with Gasteiger partial charge >= 0.3 is 11.9 Å². The van der Waals surface area contributed by atoms with E-state index in [1.165, 1.54) is 7.11 Å². The number of carbonyl (C=O) groups is 3. The molecule has 8 heteroatoms. The second kappa shape index (κ2) is 11.5. The Morgan fingerprint density at radius 3 is 2.60 bits per heavy atom. The maximum atomic E-state index is 13.8. The fourth-order valence-electron chi connectivity index (χ4n) is 4.73. The highest BCUT2D eigenvalue weighted by Gasteiger charge is 2.47. The van der Waals surface area contributed by atoms with Gasteiger partial charge in [-0.25, -0.2) is 4.79 Å². The minimum absolute atomic E-state index is 0.0184. The van der Waals surface area contributed by atoms with E-state index in [1.807, 2.05) is 52.0 Å². The second-order valence-corrected chi connectivity index (χ2v) is 9.10. The van der Waals surface area contributed by atoms with E-state index in [9.17, 15) is 14.4 Å². The van der Waals surface area contributed by atoms with Crippen molar-refractivity contribution in [1.82, 2.24) is 5.32 Å². The van der Waals surface area contributed by atoms with Gasteiger partial charge in [0, 0.05) is 22.9 Å². The van der Waals surface area contributed by atoms with Gasteiger partial charge in [0.25, 0.3) is 0 Å². The van der Waals surface area contributed by atoms with Crippen LogP contribution in [0.4, 0.5) is 0 Å². The number of hydrogen-bond donors (Lipinski definition) is 1. The number of benzene rings is 1. The molecule has 1 aromatic carbocycles. The summed E-state index contributed by atoms with van der Waals surface area (Å²) >= 11 is 0. The van der Waals surface area contributed by atoms with Crippen molar-refractivity contribution in [3.05, 3.63) is 52.4 Å². The summed E-state index contributed by atoms with van der Waals surface area (Å²) in [5, 5.41) is 3.26. The summed E-state index contributed by atoms with van der Waals surface area (Å²) in [6.45, 7) is 10.2. The van der Waals surface area contributed by atoms with Gasteiger partial charge in [-0.3, -0.25) is 9.59 Å². The Bertz CT molecular complexity index is 1040. The molecule has 1 heterocycles. The highest BCUT2D eigenvalue weighted by molar-refractivity contribution is 6.12. The lowest BCUT2D eigenvalue weighted by Gasteiger charge is -2.38. The van der Waals surface area contributed by atoms with E-state index in [0.29, 0.717) is 46.9 Å². The average molecular weight is 486 g/mol. The number of Topliss-reactive ketones (excluding diaryl/α,β-unsaturated/α-hetero) is 1. The number of hydrogen-bond acceptors (Lipinski definition) is 8. The monoisotopic (exact) mass is 485 g/mol. The third kappa shape index (κ3) is 5.75. The Morgan fingerprint density at radius 1 is 1.20 bits per heavy atom. The molecule has 190 valence electrons. The van der Waals surface area contributed by atoms with Crippen LogP contribution in [-0.4, -0.2) is 50.8 Å². The first-order valence-corrected chi connectivity index (χ1v) is 12.0. The van der Waals surface area contributed by atoms with Gasteiger partial charge in [0.15, 0.2) is 5.78 Å². The summed E-state index contributed by atoms with van der Waals surface area (Å²) < 4.78 is 21.7. The molecule has 35 heavy (non-hydrogen) atoms. The van der Waals surface area contributed by atoms with E-state index < -0.39 is 23.8 Å². The zero-order valence-electron chi connectivity index (χ0n) is 21.3. The molecule has 0 unspecified atom stereocenters. The first-order chi connectivity index (χ1) is 16.7. The lowest BCUT2D eigenvalue weighted by atomic mass is 9.69. The van der Waals surface area contributed by atoms with E-state index in [4.69, 9.17) is 18.9 Å². The predicted octanol–water partition coefficient (Wildman–Crippen LogP) is 3.67. The molecule has 0 amide bonds. The minimum Gasteiger partial charge on any atom is -0.494 e. The number of esters is 2. The average Bonchev–Trinajstić information content (AvgIpc) is 2.80. The van der Waals surface area contributed by atoms with Crippen molar-refractivity contribution in [2.75, 3.05) is 26.9 Å². The van der Waals surface area contributed by atoms with Gasteiger partial charge < -0.3 is 24.3 Å². The highest BCUT2D eigenvalue weighted by atomic mass is 16.6. The first kappa shape index (κ1) is 26.5. The van der Waals surface area contributed by atoms with Crippen molar-refractivity contribution in [3.63, 3.8) is 0 Å². The Hall–Kier alpha value is -3.13. The lowest BCUT2D eigenvalue weighted by Crippen LogP contribution is -2.43. The molecule has 0 saturated heterocycles. The minimum atomic E-state index is -0.937. The molecule has 0 bridgehead atoms. The normalized spacial score (nSPS) is 22.0. The summed E-state index contributed by atoms with van der Waals surface area (Å²) in [4.78, 5) is 39.6. The van der Waals surface area contributed by atoms with Crippen molar-refractivity contribution in [1.29, 1.82) is 0 Å². The number of ether oxygens (including phenoxy) is 4. The van der Waals surface area contributed by atoms with Crippen LogP contribution >= 0.6 is 0 Å². The standard InChI is InChI=1S/C27H35NO7/c1-7-33-19-10-8-9-18(14-19)23-22(27(31)35-12-11-34-15(2)3)17(5)28-20-13-16(4)21(26(30)32-6)25(29)24(20)23/h8-10,14-16,21,23,28H,7,11-13H2,1-6H3/t16-,21+,23+/m1/s1. The lowest BCUT2D eigenvalue weighted by molar-refractivity contribution is -0.151. The van der Waals surface area contributed by atoms with Gasteiger partial charge in [-0.05, 0) is 57.7 Å². The number of rotatable bonds is 9. The van der Waals surface area contributed by atoms with E-state index >= 15 is 0 Å². The van der Waals surface area contributed by atoms with E-state index in [0.717, 1.165) is 0 Å². The largest absolute Gasteiger partial charge is 0.494 e. The first-order valence-electron chi connectivity index (χ1n) is 12.0. The Kier molecular flexibility index (Phi) is 8.72. The van der Waals surface area contributed by atoms with Crippen LogP contribution in [0.2, 0.25) is 0 Å². The molecule has 3 atom stereocenters. The van der Waals surface area contributed by atoms with Crippen LogP contribution in [-0.2, 0) is 28.6 Å². The van der Waals surface area contributed by atoms with Crippen LogP contribution in [0.25, 0.3) is 0 Å². The summed E-state index contributed by atoms with van der Waals surface area (Å²) in [6.07, 6.45) is 0.495. The molecule has 1 N–H and O–H groups in total. The van der Waals surface area contributed by atoms with Gasteiger partial charge in [-0.2, -0.15) is 0 Å². The molecular weight excluding hydrogens is 450 g/mol. The number of methoxy groups -OCH3 is 1. The van der Waals surface area contributed by atoms with Crippen LogP contribution in [0.1, 0.15) is 52.5 Å². The Balaban J connectivity index is 2.06. The number of dihydropyridines is 1. The van der Waals surface area contributed by atoms with Crippen LogP contribution < -0.4 is 10.1 Å². The second-order valence-electron chi connectivity index (χ2n) is 9.10. The van der Waals surface area contributed by atoms with Gasteiger partial charge in [0.1, 0.15) is 18.3 Å². The van der Waals surface area contributed by atoms with Crippen LogP contribution in [0.3, 0.4) is 0 Å². The molecule has 2 aliphatic rings. The number of carbonyl (C=O) groups excluding carboxylic acids is 3. The van der Waals surface area contributed by atoms with Crippen LogP contribution in [0, 0.1) is 11.8 Å². The van der Waals surface area contributed by atoms with Crippen molar-refractivity contribution >= 4 is 17.7 Å². The van der Waals surface area contributed by atoms with Gasteiger partial charge in [0.2, 0.25) is 0 Å². The summed E-state index contributed by atoms with van der Waals surface area (Å²) in [6, 6.07) is 7.32. The molecule has 0 fully saturated rings. The maximum absolute atomic E-state index is 13.8. The summed E-state index contributed by atoms with van der Waals surface area (Å²) in [5.74, 6) is -2.72.